The maximum Gasteiger partial charge on any atom is 0.191 e. The molecule has 5 nitrogen and oxygen atoms in total. The average molecular weight is 549 g/mol. The van der Waals surface area contributed by atoms with Gasteiger partial charge in [-0.3, -0.25) is 0 Å². The van der Waals surface area contributed by atoms with Crippen LogP contribution < -0.4 is 0 Å². The number of benzene rings is 6. The largest absolute Gasteiger partial charge is 0.456 e. The molecule has 43 heavy (non-hydrogen) atoms. The van der Waals surface area contributed by atoms with E-state index in [2.05, 4.69) is 80.7 Å². The van der Waals surface area contributed by atoms with Crippen molar-refractivity contribution in [3.63, 3.8) is 0 Å². The molecule has 0 bridgehead atoms. The fraction of sp³-hybridized carbons (Fsp3) is 0. The second-order valence-electron chi connectivity index (χ2n) is 10.8. The number of nitrogens with zero attached hydrogens (tertiary/aromatic N) is 4. The molecular weight excluding hydrogens is 528 g/mol. The summed E-state index contributed by atoms with van der Waals surface area (Å²) >= 11 is 0. The smallest absolute Gasteiger partial charge is 0.191 e. The second-order valence-corrected chi connectivity index (χ2v) is 10.8. The summed E-state index contributed by atoms with van der Waals surface area (Å²) in [6.45, 7) is 8.06. The first-order valence-electron chi connectivity index (χ1n) is 14.0. The van der Waals surface area contributed by atoms with Crippen LogP contribution in [0.4, 0.5) is 5.69 Å². The number of nitriles is 1. The van der Waals surface area contributed by atoms with Crippen LogP contribution >= 0.6 is 0 Å². The molecular formula is C38H20N4O. The van der Waals surface area contributed by atoms with E-state index in [-0.39, 0.29) is 0 Å². The van der Waals surface area contributed by atoms with Gasteiger partial charge in [-0.15, -0.1) is 0 Å². The minimum atomic E-state index is 0.544. The zero-order valence-corrected chi connectivity index (χ0v) is 22.7. The van der Waals surface area contributed by atoms with Gasteiger partial charge < -0.3 is 13.6 Å². The van der Waals surface area contributed by atoms with Crippen molar-refractivity contribution in [1.29, 1.82) is 5.26 Å². The van der Waals surface area contributed by atoms with E-state index in [4.69, 9.17) is 11.0 Å². The van der Waals surface area contributed by atoms with Gasteiger partial charge in [0.05, 0.1) is 45.7 Å². The molecule has 198 valence electrons. The highest BCUT2D eigenvalue weighted by atomic mass is 16.3. The molecule has 9 aromatic rings. The Morgan fingerprint density at radius 1 is 0.581 bits per heavy atom. The Morgan fingerprint density at radius 2 is 1.23 bits per heavy atom. The maximum atomic E-state index is 9.60. The molecule has 0 N–H and O–H groups in total. The van der Waals surface area contributed by atoms with Crippen LogP contribution in [0.3, 0.4) is 0 Å². The lowest BCUT2D eigenvalue weighted by atomic mass is 10.1. The monoisotopic (exact) mass is 548 g/mol. The Kier molecular flexibility index (Phi) is 4.68. The van der Waals surface area contributed by atoms with E-state index < -0.39 is 0 Å². The molecule has 5 heteroatoms. The number of furan rings is 1. The number of fused-ring (bicyclic) bond motifs is 10. The topological polar surface area (TPSA) is 51.1 Å². The van der Waals surface area contributed by atoms with Crippen LogP contribution in [-0.2, 0) is 0 Å². The van der Waals surface area contributed by atoms with Crippen LogP contribution in [-0.4, -0.2) is 9.13 Å². The molecule has 3 heterocycles. The minimum Gasteiger partial charge on any atom is -0.456 e. The molecule has 0 unspecified atom stereocenters. The van der Waals surface area contributed by atoms with Crippen molar-refractivity contribution in [2.45, 2.75) is 0 Å². The van der Waals surface area contributed by atoms with Crippen molar-refractivity contribution in [2.24, 2.45) is 0 Å². The van der Waals surface area contributed by atoms with Crippen molar-refractivity contribution in [3.8, 4) is 17.4 Å². The number of aromatic nitrogens is 2. The standard InChI is InChI=1S/C38H20N4O/c1-40-24-19-25(41-32-11-5-3-9-28(32)31-18-23(22-39)14-16-34(31)41)21-26(20-24)42-33-12-6-2-8-27(33)29-15-17-36-37(38(29)42)30-10-4-7-13-35(30)43-36/h2-21H. The first-order valence-corrected chi connectivity index (χ1v) is 14.0. The third kappa shape index (κ3) is 3.19. The molecule has 0 saturated heterocycles. The predicted octanol–water partition coefficient (Wildman–Crippen LogP) is 10.2. The summed E-state index contributed by atoms with van der Waals surface area (Å²) in [5, 5.41) is 16.1. The van der Waals surface area contributed by atoms with E-state index in [1.165, 1.54) is 0 Å². The van der Waals surface area contributed by atoms with Gasteiger partial charge in [0.15, 0.2) is 5.69 Å². The van der Waals surface area contributed by atoms with E-state index >= 15 is 0 Å². The summed E-state index contributed by atoms with van der Waals surface area (Å²) in [4.78, 5) is 3.92. The molecule has 0 aliphatic carbocycles. The van der Waals surface area contributed by atoms with Gasteiger partial charge in [-0.05, 0) is 66.7 Å². The zero-order valence-electron chi connectivity index (χ0n) is 22.7. The third-order valence-electron chi connectivity index (χ3n) is 8.51. The molecule has 0 fully saturated rings. The highest BCUT2D eigenvalue weighted by molar-refractivity contribution is 6.24. The normalized spacial score (nSPS) is 11.7. The van der Waals surface area contributed by atoms with Crippen LogP contribution in [0, 0.1) is 17.9 Å². The van der Waals surface area contributed by atoms with E-state index in [1.807, 2.05) is 60.7 Å². The summed E-state index contributed by atoms with van der Waals surface area (Å²) in [6, 6.07) is 43.1. The van der Waals surface area contributed by atoms with Gasteiger partial charge in [-0.1, -0.05) is 54.6 Å². The third-order valence-corrected chi connectivity index (χ3v) is 8.51. The van der Waals surface area contributed by atoms with Gasteiger partial charge in [-0.25, -0.2) is 4.85 Å². The Labute approximate surface area is 245 Å². The predicted molar refractivity (Wildman–Crippen MR) is 173 cm³/mol. The molecule has 0 aliphatic rings. The molecule has 9 rings (SSSR count). The van der Waals surface area contributed by atoms with Crippen LogP contribution in [0.25, 0.3) is 81.8 Å². The quantitative estimate of drug-likeness (QED) is 0.202. The maximum absolute atomic E-state index is 9.60. The summed E-state index contributed by atoms with van der Waals surface area (Å²) in [5.74, 6) is 0. The second kappa shape index (κ2) is 8.60. The molecule has 6 aromatic carbocycles. The Hall–Kier alpha value is -6.30. The number of rotatable bonds is 2. The molecule has 0 spiro atoms. The Balaban J connectivity index is 1.43. The van der Waals surface area contributed by atoms with Crippen molar-refractivity contribution < 1.29 is 4.42 Å². The number of para-hydroxylation sites is 3. The van der Waals surface area contributed by atoms with E-state index in [0.29, 0.717) is 11.3 Å². The van der Waals surface area contributed by atoms with E-state index in [9.17, 15) is 5.26 Å². The lowest BCUT2D eigenvalue weighted by Crippen LogP contribution is -1.99. The highest BCUT2D eigenvalue weighted by Gasteiger charge is 2.20. The SMILES string of the molecule is [C-]#[N+]c1cc(-n2c3ccccc3c3cc(C#N)ccc32)cc(-n2c3ccccc3c3ccc4oc5ccccc5c4c32)c1. The summed E-state index contributed by atoms with van der Waals surface area (Å²) in [6.07, 6.45) is 0. The molecule has 0 amide bonds. The Morgan fingerprint density at radius 3 is 2.00 bits per heavy atom. The lowest BCUT2D eigenvalue weighted by Gasteiger charge is -2.14. The highest BCUT2D eigenvalue weighted by Crippen LogP contribution is 2.42. The average Bonchev–Trinajstić information content (AvgIpc) is 3.71. The summed E-state index contributed by atoms with van der Waals surface area (Å²) < 4.78 is 10.8. The fourth-order valence-corrected chi connectivity index (χ4v) is 6.76. The molecule has 0 aliphatic heterocycles. The van der Waals surface area contributed by atoms with Crippen LogP contribution in [0.2, 0.25) is 0 Å². The van der Waals surface area contributed by atoms with Crippen LogP contribution in [0.15, 0.2) is 126 Å². The fourth-order valence-electron chi connectivity index (χ4n) is 6.76. The number of hydrogen-bond acceptors (Lipinski definition) is 2. The van der Waals surface area contributed by atoms with Gasteiger partial charge in [0.2, 0.25) is 0 Å². The molecule has 0 radical (unpaired) electrons. The minimum absolute atomic E-state index is 0.544. The van der Waals surface area contributed by atoms with Gasteiger partial charge in [0.25, 0.3) is 0 Å². The van der Waals surface area contributed by atoms with Crippen LogP contribution in [0.5, 0.6) is 0 Å². The van der Waals surface area contributed by atoms with E-state index in [0.717, 1.165) is 76.9 Å². The van der Waals surface area contributed by atoms with E-state index in [1.54, 1.807) is 0 Å². The molecule has 0 saturated carbocycles. The van der Waals surface area contributed by atoms with Crippen molar-refractivity contribution in [3.05, 3.63) is 138 Å². The summed E-state index contributed by atoms with van der Waals surface area (Å²) in [5.41, 5.74) is 8.73. The lowest BCUT2D eigenvalue weighted by molar-refractivity contribution is 0.669. The molecule has 0 atom stereocenters. The van der Waals surface area contributed by atoms with Crippen molar-refractivity contribution in [2.75, 3.05) is 0 Å². The van der Waals surface area contributed by atoms with Crippen molar-refractivity contribution >= 4 is 71.2 Å². The van der Waals surface area contributed by atoms with Gasteiger partial charge >= 0.3 is 0 Å². The van der Waals surface area contributed by atoms with Crippen LogP contribution in [0.1, 0.15) is 5.56 Å². The Bertz CT molecular complexity index is 2710. The van der Waals surface area contributed by atoms with Crippen molar-refractivity contribution in [1.82, 2.24) is 9.13 Å². The molecule has 3 aromatic heterocycles. The zero-order chi connectivity index (χ0) is 28.7. The van der Waals surface area contributed by atoms with Gasteiger partial charge in [-0.2, -0.15) is 5.26 Å². The van der Waals surface area contributed by atoms with Gasteiger partial charge in [0.1, 0.15) is 11.2 Å². The first kappa shape index (κ1) is 23.4. The number of hydrogen-bond donors (Lipinski definition) is 0. The van der Waals surface area contributed by atoms with Gasteiger partial charge in [0, 0.05) is 38.3 Å². The first-order chi connectivity index (χ1) is 21.2. The summed E-state index contributed by atoms with van der Waals surface area (Å²) in [7, 11) is 0.